The Bertz CT molecular complexity index is 406. The maximum absolute atomic E-state index is 12.5. The molecule has 0 aromatic heterocycles. The van der Waals surface area contributed by atoms with Gasteiger partial charge in [-0.3, -0.25) is 4.57 Å². The molecule has 0 aromatic carbocycles. The van der Waals surface area contributed by atoms with Crippen molar-refractivity contribution in [2.24, 2.45) is 17.8 Å². The average Bonchev–Trinajstić information content (AvgIpc) is 2.50. The maximum atomic E-state index is 12.5. The summed E-state index contributed by atoms with van der Waals surface area (Å²) < 4.78 is 17.2. The summed E-state index contributed by atoms with van der Waals surface area (Å²) in [4.78, 5) is 0. The molecule has 1 heterocycles. The standard InChI is InChI=1S/C10H13Cl2O2P/c1-9-6-3-4-8(9)10(11,12)7(6)5-14-15(9,2)13/h3-4,6-8H,5H2,1-2H3/t6?,7-,8?,9?,15?/m1/s1. The van der Waals surface area contributed by atoms with E-state index in [1.54, 1.807) is 6.66 Å². The van der Waals surface area contributed by atoms with Crippen LogP contribution in [0.2, 0.25) is 0 Å². The minimum atomic E-state index is -2.63. The van der Waals surface area contributed by atoms with Gasteiger partial charge in [-0.15, -0.1) is 23.2 Å². The first-order chi connectivity index (χ1) is 6.82. The Kier molecular flexibility index (Phi) is 1.89. The summed E-state index contributed by atoms with van der Waals surface area (Å²) >= 11 is 12.8. The molecule has 4 unspecified atom stereocenters. The van der Waals surface area contributed by atoms with Crippen molar-refractivity contribution in [1.82, 2.24) is 0 Å². The molecule has 0 aromatic rings. The van der Waals surface area contributed by atoms with Crippen LogP contribution in [0, 0.1) is 17.8 Å². The highest BCUT2D eigenvalue weighted by atomic mass is 35.5. The topological polar surface area (TPSA) is 26.3 Å². The minimum Gasteiger partial charge on any atom is -0.328 e. The highest BCUT2D eigenvalue weighted by Crippen LogP contribution is 2.78. The second kappa shape index (κ2) is 2.67. The second-order valence-corrected chi connectivity index (χ2v) is 9.39. The highest BCUT2D eigenvalue weighted by Gasteiger charge is 2.73. The van der Waals surface area contributed by atoms with Crippen LogP contribution in [0.4, 0.5) is 0 Å². The lowest BCUT2D eigenvalue weighted by atomic mass is 9.91. The van der Waals surface area contributed by atoms with Crippen LogP contribution in [0.25, 0.3) is 0 Å². The van der Waals surface area contributed by atoms with Crippen LogP contribution >= 0.6 is 30.6 Å². The predicted octanol–water partition coefficient (Wildman–Crippen LogP) is 3.29. The molecule has 0 N–H and O–H groups in total. The zero-order valence-electron chi connectivity index (χ0n) is 8.61. The Morgan fingerprint density at radius 1 is 1.47 bits per heavy atom. The van der Waals surface area contributed by atoms with E-state index in [4.69, 9.17) is 27.7 Å². The van der Waals surface area contributed by atoms with Gasteiger partial charge in [-0.2, -0.15) is 0 Å². The van der Waals surface area contributed by atoms with Gasteiger partial charge in [0.1, 0.15) is 4.33 Å². The van der Waals surface area contributed by atoms with Crippen molar-refractivity contribution in [3.63, 3.8) is 0 Å². The number of hydrogen-bond acceptors (Lipinski definition) is 2. The van der Waals surface area contributed by atoms with E-state index in [1.165, 1.54) is 0 Å². The summed E-state index contributed by atoms with van der Waals surface area (Å²) in [6, 6.07) is 0. The SMILES string of the molecule is CC12C3C=CC1C(Cl)(Cl)[C@@H]3COP2(C)=O. The van der Waals surface area contributed by atoms with Crippen LogP contribution in [0.5, 0.6) is 0 Å². The van der Waals surface area contributed by atoms with Crippen LogP contribution in [-0.2, 0) is 9.09 Å². The molecule has 15 heavy (non-hydrogen) atoms. The van der Waals surface area contributed by atoms with E-state index in [2.05, 4.69) is 6.08 Å². The summed E-state index contributed by atoms with van der Waals surface area (Å²) in [5.41, 5.74) is 0. The Balaban J connectivity index is 2.22. The van der Waals surface area contributed by atoms with E-state index in [0.29, 0.717) is 6.61 Å². The first-order valence-corrected chi connectivity index (χ1v) is 7.93. The second-order valence-electron chi connectivity index (χ2n) is 5.04. The largest absolute Gasteiger partial charge is 0.328 e. The zero-order valence-corrected chi connectivity index (χ0v) is 11.0. The Morgan fingerprint density at radius 2 is 2.13 bits per heavy atom. The molecule has 5 atom stereocenters. The summed E-state index contributed by atoms with van der Waals surface area (Å²) in [7, 11) is -2.63. The molecule has 0 amide bonds. The van der Waals surface area contributed by atoms with Gasteiger partial charge >= 0.3 is 0 Å². The zero-order chi connectivity index (χ0) is 11.1. The molecular formula is C10H13Cl2O2P. The number of halogens is 2. The lowest BCUT2D eigenvalue weighted by Crippen LogP contribution is -2.37. The van der Waals surface area contributed by atoms with Crippen molar-refractivity contribution in [3.8, 4) is 0 Å². The molecule has 0 spiro atoms. The lowest BCUT2D eigenvalue weighted by molar-refractivity contribution is 0.184. The monoisotopic (exact) mass is 266 g/mol. The lowest BCUT2D eigenvalue weighted by Gasteiger charge is -2.40. The van der Waals surface area contributed by atoms with Gasteiger partial charge in [-0.05, 0) is 12.8 Å². The van der Waals surface area contributed by atoms with E-state index in [1.807, 2.05) is 13.0 Å². The average molecular weight is 267 g/mol. The van der Waals surface area contributed by atoms with Gasteiger partial charge in [0, 0.05) is 18.5 Å². The summed E-state index contributed by atoms with van der Waals surface area (Å²) in [6.07, 6.45) is 4.14. The Hall–Kier alpha value is 0.510. The van der Waals surface area contributed by atoms with Gasteiger partial charge in [0.15, 0.2) is 0 Å². The molecule has 84 valence electrons. The maximum Gasteiger partial charge on any atom is 0.207 e. The molecular weight excluding hydrogens is 254 g/mol. The third-order valence-electron chi connectivity index (χ3n) is 4.53. The van der Waals surface area contributed by atoms with Crippen molar-refractivity contribution in [1.29, 1.82) is 0 Å². The van der Waals surface area contributed by atoms with Crippen LogP contribution in [-0.4, -0.2) is 22.8 Å². The van der Waals surface area contributed by atoms with E-state index < -0.39 is 11.7 Å². The molecule has 4 bridgehead atoms. The fourth-order valence-corrected chi connectivity index (χ4v) is 6.93. The molecule has 5 heteroatoms. The summed E-state index contributed by atoms with van der Waals surface area (Å²) in [6.45, 7) is 4.13. The molecule has 2 nitrogen and oxygen atoms in total. The highest BCUT2D eigenvalue weighted by molar-refractivity contribution is 7.60. The van der Waals surface area contributed by atoms with Crippen molar-refractivity contribution >= 4 is 30.6 Å². The first-order valence-electron chi connectivity index (χ1n) is 5.10. The van der Waals surface area contributed by atoms with Gasteiger partial charge in [-0.25, -0.2) is 0 Å². The van der Waals surface area contributed by atoms with Crippen LogP contribution in [0.1, 0.15) is 6.92 Å². The summed E-state index contributed by atoms with van der Waals surface area (Å²) in [5.74, 6) is 0.256. The van der Waals surface area contributed by atoms with Crippen molar-refractivity contribution in [2.45, 2.75) is 16.4 Å². The fourth-order valence-electron chi connectivity index (χ4n) is 3.46. The van der Waals surface area contributed by atoms with Crippen LogP contribution < -0.4 is 0 Å². The van der Waals surface area contributed by atoms with Crippen LogP contribution in [0.15, 0.2) is 12.2 Å². The van der Waals surface area contributed by atoms with Crippen molar-refractivity contribution in [2.75, 3.05) is 13.3 Å². The van der Waals surface area contributed by atoms with E-state index in [9.17, 15) is 4.57 Å². The molecule has 1 saturated heterocycles. The molecule has 0 radical (unpaired) electrons. The van der Waals surface area contributed by atoms with E-state index in [0.717, 1.165) is 0 Å². The normalized spacial score (nSPS) is 59.9. The van der Waals surface area contributed by atoms with Gasteiger partial charge < -0.3 is 4.52 Å². The van der Waals surface area contributed by atoms with E-state index in [-0.39, 0.29) is 22.9 Å². The fraction of sp³-hybridized carbons (Fsp3) is 0.800. The summed E-state index contributed by atoms with van der Waals surface area (Å²) in [5, 5.41) is -0.389. The number of alkyl halides is 2. The number of hydrogen-bond donors (Lipinski definition) is 0. The molecule has 2 aliphatic carbocycles. The van der Waals surface area contributed by atoms with Crippen molar-refractivity contribution in [3.05, 3.63) is 12.2 Å². The quantitative estimate of drug-likeness (QED) is 0.382. The van der Waals surface area contributed by atoms with Gasteiger partial charge in [0.05, 0.1) is 11.8 Å². The minimum absolute atomic E-state index is 0.0401. The number of rotatable bonds is 0. The molecule has 3 aliphatic rings. The van der Waals surface area contributed by atoms with Gasteiger partial charge in [-0.1, -0.05) is 12.2 Å². The van der Waals surface area contributed by atoms with Gasteiger partial charge in [0.2, 0.25) is 7.37 Å². The first kappa shape index (κ1) is 10.7. The van der Waals surface area contributed by atoms with E-state index >= 15 is 0 Å². The number of allylic oxidation sites excluding steroid dienone is 2. The van der Waals surface area contributed by atoms with Gasteiger partial charge in [0.25, 0.3) is 0 Å². The van der Waals surface area contributed by atoms with Crippen molar-refractivity contribution < 1.29 is 9.09 Å². The molecule has 3 rings (SSSR count). The molecule has 1 aliphatic heterocycles. The third kappa shape index (κ3) is 0.965. The molecule has 2 fully saturated rings. The van der Waals surface area contributed by atoms with Crippen LogP contribution in [0.3, 0.4) is 0 Å². The third-order valence-corrected chi connectivity index (χ3v) is 8.53. The Labute approximate surface area is 99.4 Å². The predicted molar refractivity (Wildman–Crippen MR) is 61.9 cm³/mol. The smallest absolute Gasteiger partial charge is 0.207 e. The Morgan fingerprint density at radius 3 is 2.73 bits per heavy atom. The molecule has 1 saturated carbocycles.